The third kappa shape index (κ3) is 5.57. The Morgan fingerprint density at radius 3 is 2.24 bits per heavy atom. The number of nitro groups is 1. The number of rotatable bonds is 8. The van der Waals surface area contributed by atoms with Gasteiger partial charge in [0, 0.05) is 28.6 Å². The second-order valence-corrected chi connectivity index (χ2v) is 14.0. The lowest BCUT2D eigenvalue weighted by molar-refractivity contribution is -0.384. The van der Waals surface area contributed by atoms with Gasteiger partial charge in [-0.3, -0.25) is 33.9 Å². The van der Waals surface area contributed by atoms with Crippen LogP contribution in [-0.2, 0) is 31.0 Å². The summed E-state index contributed by atoms with van der Waals surface area (Å²) in [6, 6.07) is 17.2. The van der Waals surface area contributed by atoms with E-state index in [1.54, 1.807) is 24.3 Å². The largest absolute Gasteiger partial charge is 0.497 e. The van der Waals surface area contributed by atoms with Gasteiger partial charge >= 0.3 is 4.87 Å². The number of carbonyl (C=O) groups is 3. The molecule has 3 N–H and O–H groups in total. The zero-order valence-corrected chi connectivity index (χ0v) is 26.1. The number of anilines is 2. The third-order valence-electron chi connectivity index (χ3n) is 7.61. The highest BCUT2D eigenvalue weighted by atomic mass is 32.2. The number of primary sulfonamides is 1. The number of aromatic nitrogens is 1. The van der Waals surface area contributed by atoms with Crippen molar-refractivity contribution in [1.82, 2.24) is 4.57 Å². The number of thiazole rings is 1. The minimum Gasteiger partial charge on any atom is -0.497 e. The van der Waals surface area contributed by atoms with Crippen LogP contribution < -0.4 is 25.0 Å². The van der Waals surface area contributed by atoms with Crippen molar-refractivity contribution in [3.05, 3.63) is 103 Å². The number of nitrogens with zero attached hydrogens (tertiary/aromatic N) is 3. The first-order valence-electron chi connectivity index (χ1n) is 13.5. The first kappa shape index (κ1) is 31.2. The van der Waals surface area contributed by atoms with Crippen molar-refractivity contribution in [2.45, 2.75) is 27.6 Å². The van der Waals surface area contributed by atoms with E-state index in [4.69, 9.17) is 9.88 Å². The fraction of sp³-hybridized carbons (Fsp3) is 0.172. The molecule has 236 valence electrons. The van der Waals surface area contributed by atoms with E-state index in [1.165, 1.54) is 60.2 Å². The van der Waals surface area contributed by atoms with E-state index in [9.17, 15) is 37.7 Å². The summed E-state index contributed by atoms with van der Waals surface area (Å²) in [4.78, 5) is 65.7. The second kappa shape index (κ2) is 11.8. The number of nitrogens with one attached hydrogen (secondary N) is 1. The van der Waals surface area contributed by atoms with Gasteiger partial charge in [0.2, 0.25) is 27.7 Å². The molecule has 2 aliphatic heterocycles. The lowest BCUT2D eigenvalue weighted by Crippen LogP contribution is -2.33. The summed E-state index contributed by atoms with van der Waals surface area (Å²) in [7, 11) is -2.42. The Hall–Kier alpha value is -4.84. The van der Waals surface area contributed by atoms with Crippen LogP contribution in [-0.4, -0.2) is 48.0 Å². The standard InChI is InChI=1S/C29H23N5O9S3/c1-43-19-10-2-15(3-11-19)22-23-24(27(37)33(26(23)36)17-6-8-18(9-7-17)34(39)40)44-28-25(22)45-29(38)32(28)14-21(35)31-16-4-12-20(13-5-16)46(30,41)42/h2-13,22-24H,14H2,1H3,(H,31,35)(H2,30,41,42). The maximum Gasteiger partial charge on any atom is 0.308 e. The third-order valence-corrected chi connectivity index (χ3v) is 11.1. The van der Waals surface area contributed by atoms with Gasteiger partial charge in [-0.05, 0) is 54.1 Å². The molecular weight excluding hydrogens is 659 g/mol. The molecular formula is C29H23N5O9S3. The van der Waals surface area contributed by atoms with Gasteiger partial charge in [0.15, 0.2) is 0 Å². The van der Waals surface area contributed by atoms with Gasteiger partial charge in [0.25, 0.3) is 5.69 Å². The van der Waals surface area contributed by atoms with Crippen LogP contribution in [0.5, 0.6) is 5.75 Å². The molecule has 0 radical (unpaired) electrons. The SMILES string of the molecule is COc1ccc(C2c3sc(=O)n(CC(=O)Nc4ccc(S(N)(=O)=O)cc4)c3SC3C(=O)N(c4ccc([N+](=O)[O-])cc4)C(=O)C32)cc1. The van der Waals surface area contributed by atoms with Gasteiger partial charge in [-0.2, -0.15) is 0 Å². The molecule has 4 aromatic rings. The highest BCUT2D eigenvalue weighted by Gasteiger charge is 2.56. The van der Waals surface area contributed by atoms with Gasteiger partial charge in [0.05, 0.1) is 33.6 Å². The summed E-state index contributed by atoms with van der Waals surface area (Å²) >= 11 is 1.90. The number of nitro benzene ring substituents is 1. The van der Waals surface area contributed by atoms with E-state index < -0.39 is 61.2 Å². The van der Waals surface area contributed by atoms with E-state index in [1.807, 2.05) is 0 Å². The fourth-order valence-electron chi connectivity index (χ4n) is 5.48. The Labute approximate surface area is 269 Å². The molecule has 3 atom stereocenters. The van der Waals surface area contributed by atoms with E-state index in [-0.39, 0.29) is 22.0 Å². The first-order chi connectivity index (χ1) is 21.9. The fourth-order valence-corrected chi connectivity index (χ4v) is 8.76. The van der Waals surface area contributed by atoms with E-state index in [0.717, 1.165) is 28.0 Å². The van der Waals surface area contributed by atoms with Gasteiger partial charge in [-0.1, -0.05) is 35.2 Å². The molecule has 1 aromatic heterocycles. The van der Waals surface area contributed by atoms with Gasteiger partial charge < -0.3 is 10.1 Å². The average molecular weight is 682 g/mol. The van der Waals surface area contributed by atoms with Gasteiger partial charge in [-0.25, -0.2) is 18.5 Å². The Morgan fingerprint density at radius 2 is 1.65 bits per heavy atom. The lowest BCUT2D eigenvalue weighted by atomic mass is 9.83. The number of amides is 3. The summed E-state index contributed by atoms with van der Waals surface area (Å²) in [6.07, 6.45) is 0. The van der Waals surface area contributed by atoms with Crippen LogP contribution in [0.2, 0.25) is 0 Å². The Bertz CT molecular complexity index is 2060. The number of methoxy groups -OCH3 is 1. The Balaban J connectivity index is 1.36. The van der Waals surface area contributed by atoms with Crippen LogP contribution in [0.4, 0.5) is 17.1 Å². The van der Waals surface area contributed by atoms with Gasteiger partial charge in [-0.15, -0.1) is 0 Å². The highest BCUT2D eigenvalue weighted by Crippen LogP contribution is 2.54. The number of ether oxygens (including phenoxy) is 1. The zero-order chi connectivity index (χ0) is 32.9. The van der Waals surface area contributed by atoms with Gasteiger partial charge in [0.1, 0.15) is 17.5 Å². The predicted molar refractivity (Wildman–Crippen MR) is 169 cm³/mol. The lowest BCUT2D eigenvalue weighted by Gasteiger charge is -2.30. The summed E-state index contributed by atoms with van der Waals surface area (Å²) in [6.45, 7) is -0.421. The second-order valence-electron chi connectivity index (χ2n) is 10.3. The average Bonchev–Trinajstić information content (AvgIpc) is 3.47. The van der Waals surface area contributed by atoms with Crippen molar-refractivity contribution in [3.63, 3.8) is 0 Å². The molecule has 0 bridgehead atoms. The van der Waals surface area contributed by atoms with Crippen LogP contribution in [0.3, 0.4) is 0 Å². The number of non-ortho nitro benzene ring substituents is 1. The molecule has 0 saturated carbocycles. The van der Waals surface area contributed by atoms with Crippen LogP contribution in [0.25, 0.3) is 0 Å². The summed E-state index contributed by atoms with van der Waals surface area (Å²) < 4.78 is 29.6. The monoisotopic (exact) mass is 681 g/mol. The van der Waals surface area contributed by atoms with Crippen molar-refractivity contribution in [2.24, 2.45) is 11.1 Å². The molecule has 17 heteroatoms. The molecule has 46 heavy (non-hydrogen) atoms. The highest BCUT2D eigenvalue weighted by molar-refractivity contribution is 8.00. The van der Waals surface area contributed by atoms with E-state index in [2.05, 4.69) is 5.32 Å². The Morgan fingerprint density at radius 1 is 1.00 bits per heavy atom. The Kier molecular flexibility index (Phi) is 8.01. The summed E-state index contributed by atoms with van der Waals surface area (Å²) in [5, 5.41) is 18.3. The number of benzene rings is 3. The number of carbonyl (C=O) groups excluding carboxylic acids is 3. The van der Waals surface area contributed by atoms with Crippen molar-refractivity contribution in [3.8, 4) is 5.75 Å². The molecule has 1 saturated heterocycles. The molecule has 3 heterocycles. The predicted octanol–water partition coefficient (Wildman–Crippen LogP) is 2.91. The molecule has 3 amide bonds. The first-order valence-corrected chi connectivity index (χ1v) is 16.7. The van der Waals surface area contributed by atoms with Crippen LogP contribution in [0.1, 0.15) is 16.4 Å². The zero-order valence-electron chi connectivity index (χ0n) is 23.7. The minimum atomic E-state index is -3.93. The number of thioether (sulfide) groups is 1. The molecule has 6 rings (SSSR count). The van der Waals surface area contributed by atoms with Crippen molar-refractivity contribution >= 4 is 67.9 Å². The number of nitrogens with two attached hydrogens (primary N) is 1. The van der Waals surface area contributed by atoms with E-state index in [0.29, 0.717) is 21.2 Å². The quantitative estimate of drug-likeness (QED) is 0.158. The molecule has 1 fully saturated rings. The molecule has 14 nitrogen and oxygen atoms in total. The topological polar surface area (TPSA) is 201 Å². The van der Waals surface area contributed by atoms with Crippen molar-refractivity contribution in [2.75, 3.05) is 17.3 Å². The summed E-state index contributed by atoms with van der Waals surface area (Å²) in [5.74, 6) is -2.73. The van der Waals surface area contributed by atoms with Crippen LogP contribution in [0.15, 0.2) is 87.5 Å². The van der Waals surface area contributed by atoms with Crippen molar-refractivity contribution < 1.29 is 32.5 Å². The summed E-state index contributed by atoms with van der Waals surface area (Å²) in [5.41, 5.74) is 0.902. The maximum atomic E-state index is 14.0. The smallest absolute Gasteiger partial charge is 0.308 e. The normalized spacial score (nSPS) is 19.0. The minimum absolute atomic E-state index is 0.136. The molecule has 2 aliphatic rings. The maximum absolute atomic E-state index is 14.0. The molecule has 3 aromatic carbocycles. The molecule has 3 unspecified atom stereocenters. The number of hydrogen-bond acceptors (Lipinski definition) is 11. The van der Waals surface area contributed by atoms with Crippen molar-refractivity contribution in [1.29, 1.82) is 0 Å². The molecule has 0 spiro atoms. The van der Waals surface area contributed by atoms with Crippen LogP contribution in [0, 0.1) is 16.0 Å². The van der Waals surface area contributed by atoms with E-state index >= 15 is 0 Å². The number of hydrogen-bond donors (Lipinski definition) is 2. The number of sulfonamides is 1. The number of fused-ring (bicyclic) bond motifs is 2. The molecule has 0 aliphatic carbocycles. The van der Waals surface area contributed by atoms with Crippen LogP contribution >= 0.6 is 23.1 Å². The number of imide groups is 1.